The zero-order chi connectivity index (χ0) is 23.8. The van der Waals surface area contributed by atoms with E-state index in [1.54, 1.807) is 46.9 Å². The average molecular weight is 462 g/mol. The first-order valence-corrected chi connectivity index (χ1v) is 11.0. The van der Waals surface area contributed by atoms with Gasteiger partial charge in [-0.15, -0.1) is 5.10 Å². The highest BCUT2D eigenvalue weighted by Gasteiger charge is 2.27. The van der Waals surface area contributed by atoms with Gasteiger partial charge in [-0.3, -0.25) is 14.3 Å². The number of amides is 1. The fourth-order valence-electron chi connectivity index (χ4n) is 4.16. The van der Waals surface area contributed by atoms with E-state index in [1.807, 2.05) is 7.05 Å². The summed E-state index contributed by atoms with van der Waals surface area (Å²) in [4.78, 5) is 34.7. The van der Waals surface area contributed by atoms with E-state index < -0.39 is 0 Å². The maximum Gasteiger partial charge on any atom is 0.257 e. The molecule has 0 saturated carbocycles. The van der Waals surface area contributed by atoms with E-state index in [1.165, 1.54) is 23.0 Å². The normalized spacial score (nSPS) is 14.6. The van der Waals surface area contributed by atoms with Crippen LogP contribution >= 0.6 is 0 Å². The molecule has 174 valence electrons. The summed E-state index contributed by atoms with van der Waals surface area (Å²) in [5.41, 5.74) is 2.47. The molecule has 0 bridgehead atoms. The van der Waals surface area contributed by atoms with Crippen molar-refractivity contribution in [3.63, 3.8) is 0 Å². The van der Waals surface area contributed by atoms with Crippen LogP contribution in [0.5, 0.6) is 0 Å². The lowest BCUT2D eigenvalue weighted by molar-refractivity contribution is 0.0660. The zero-order valence-corrected chi connectivity index (χ0v) is 19.0. The number of hydrogen-bond acceptors (Lipinski definition) is 6. The minimum atomic E-state index is -0.360. The average Bonchev–Trinajstić information content (AvgIpc) is 3.42. The number of carbonyl (C=O) groups is 2. The Bertz CT molecular complexity index is 1390. The molecule has 1 amide bonds. The Morgan fingerprint density at radius 2 is 1.85 bits per heavy atom. The summed E-state index contributed by atoms with van der Waals surface area (Å²) in [7, 11) is 3.69. The summed E-state index contributed by atoms with van der Waals surface area (Å²) in [6.07, 6.45) is 3.27. The number of halogens is 1. The van der Waals surface area contributed by atoms with Gasteiger partial charge < -0.3 is 9.80 Å². The second-order valence-corrected chi connectivity index (χ2v) is 8.51. The van der Waals surface area contributed by atoms with Crippen molar-refractivity contribution in [2.24, 2.45) is 7.05 Å². The van der Waals surface area contributed by atoms with Crippen LogP contribution in [0.4, 0.5) is 4.39 Å². The zero-order valence-electron chi connectivity index (χ0n) is 19.0. The van der Waals surface area contributed by atoms with Crippen molar-refractivity contribution in [3.05, 3.63) is 71.4 Å². The maximum absolute atomic E-state index is 13.6. The van der Waals surface area contributed by atoms with Crippen LogP contribution < -0.4 is 0 Å². The van der Waals surface area contributed by atoms with Crippen LogP contribution in [0.3, 0.4) is 0 Å². The second kappa shape index (κ2) is 8.79. The molecule has 0 aliphatic carbocycles. The van der Waals surface area contributed by atoms with Crippen LogP contribution in [-0.2, 0) is 13.5 Å². The number of piperazine rings is 1. The SMILES string of the molecule is CN1CCN(C(=O)c2cnn(C)c2C(=O)Cc2ccn3nc(-c4cccc(F)c4)nc3c2)CC1. The Balaban J connectivity index is 1.38. The van der Waals surface area contributed by atoms with E-state index >= 15 is 0 Å². The number of aromatic nitrogens is 5. The summed E-state index contributed by atoms with van der Waals surface area (Å²) in [6, 6.07) is 9.64. The first kappa shape index (κ1) is 21.9. The molecule has 3 aromatic heterocycles. The number of aryl methyl sites for hydroxylation is 1. The Morgan fingerprint density at radius 1 is 1.06 bits per heavy atom. The highest BCUT2D eigenvalue weighted by Crippen LogP contribution is 2.19. The number of Topliss-reactive ketones (excluding diaryl/α,β-unsaturated/α-hetero) is 1. The molecule has 4 heterocycles. The minimum Gasteiger partial charge on any atom is -0.336 e. The predicted octanol–water partition coefficient (Wildman–Crippen LogP) is 2.08. The van der Waals surface area contributed by atoms with E-state index in [9.17, 15) is 14.0 Å². The summed E-state index contributed by atoms with van der Waals surface area (Å²) in [6.45, 7) is 2.83. The molecule has 34 heavy (non-hydrogen) atoms. The molecule has 1 aromatic carbocycles. The Hall–Kier alpha value is -3.92. The molecule has 0 radical (unpaired) electrons. The summed E-state index contributed by atoms with van der Waals surface area (Å²) >= 11 is 0. The van der Waals surface area contributed by atoms with Crippen molar-refractivity contribution in [2.75, 3.05) is 33.2 Å². The van der Waals surface area contributed by atoms with Gasteiger partial charge in [-0.1, -0.05) is 12.1 Å². The lowest BCUT2D eigenvalue weighted by atomic mass is 10.0. The maximum atomic E-state index is 13.6. The fraction of sp³-hybridized carbons (Fsp3) is 0.292. The molecule has 0 unspecified atom stereocenters. The van der Waals surface area contributed by atoms with E-state index in [4.69, 9.17) is 0 Å². The first-order valence-electron chi connectivity index (χ1n) is 11.0. The topological polar surface area (TPSA) is 88.6 Å². The Kier molecular flexibility index (Phi) is 5.66. The highest BCUT2D eigenvalue weighted by molar-refractivity contribution is 6.07. The number of nitrogens with zero attached hydrogens (tertiary/aromatic N) is 7. The van der Waals surface area contributed by atoms with Crippen molar-refractivity contribution >= 4 is 17.3 Å². The number of hydrogen-bond donors (Lipinski definition) is 0. The number of likely N-dealkylation sites (N-methyl/N-ethyl adjacent to an activating group) is 1. The molecule has 1 saturated heterocycles. The summed E-state index contributed by atoms with van der Waals surface area (Å²) in [5, 5.41) is 8.57. The number of carbonyl (C=O) groups excluding carboxylic acids is 2. The van der Waals surface area contributed by atoms with Crippen molar-refractivity contribution in [2.45, 2.75) is 6.42 Å². The third-order valence-electron chi connectivity index (χ3n) is 6.07. The van der Waals surface area contributed by atoms with Gasteiger partial charge >= 0.3 is 0 Å². The van der Waals surface area contributed by atoms with Crippen molar-refractivity contribution in [1.29, 1.82) is 0 Å². The second-order valence-electron chi connectivity index (χ2n) is 8.51. The Labute approximate surface area is 195 Å². The first-order chi connectivity index (χ1) is 16.4. The minimum absolute atomic E-state index is 0.0845. The van der Waals surface area contributed by atoms with Gasteiger partial charge in [0, 0.05) is 51.4 Å². The smallest absolute Gasteiger partial charge is 0.257 e. The number of pyridine rings is 1. The molecule has 0 N–H and O–H groups in total. The van der Waals surface area contributed by atoms with Gasteiger partial charge in [-0.05, 0) is 36.9 Å². The number of fused-ring (bicyclic) bond motifs is 1. The van der Waals surface area contributed by atoms with Crippen molar-refractivity contribution < 1.29 is 14.0 Å². The van der Waals surface area contributed by atoms with Gasteiger partial charge in [0.1, 0.15) is 11.5 Å². The van der Waals surface area contributed by atoms with Gasteiger partial charge in [-0.2, -0.15) is 5.10 Å². The molecule has 4 aromatic rings. The standard InChI is InChI=1S/C24H24FN7O2/c1-29-8-10-31(11-9-29)24(34)19-15-26-30(2)22(19)20(33)12-16-6-7-32-21(13-16)27-23(28-32)17-4-3-5-18(25)14-17/h3-7,13-15H,8-12H2,1-2H3. The quantitative estimate of drug-likeness (QED) is 0.423. The molecule has 10 heteroatoms. The van der Waals surface area contributed by atoms with Crippen LogP contribution in [0.25, 0.3) is 17.0 Å². The fourth-order valence-corrected chi connectivity index (χ4v) is 4.16. The molecule has 1 aliphatic rings. The van der Waals surface area contributed by atoms with Gasteiger partial charge in [-0.25, -0.2) is 13.9 Å². The third-order valence-corrected chi connectivity index (χ3v) is 6.07. The third kappa shape index (κ3) is 4.19. The molecule has 0 spiro atoms. The number of benzene rings is 1. The lowest BCUT2D eigenvalue weighted by Gasteiger charge is -2.32. The van der Waals surface area contributed by atoms with Gasteiger partial charge in [0.2, 0.25) is 0 Å². The van der Waals surface area contributed by atoms with E-state index in [2.05, 4.69) is 20.1 Å². The van der Waals surface area contributed by atoms with Gasteiger partial charge in [0.25, 0.3) is 5.91 Å². The molecule has 1 fully saturated rings. The van der Waals surface area contributed by atoms with E-state index in [-0.39, 0.29) is 23.9 Å². The molecular weight excluding hydrogens is 437 g/mol. The van der Waals surface area contributed by atoms with Crippen molar-refractivity contribution in [3.8, 4) is 11.4 Å². The summed E-state index contributed by atoms with van der Waals surface area (Å²) in [5.74, 6) is -0.334. The Morgan fingerprint density at radius 3 is 2.62 bits per heavy atom. The van der Waals surface area contributed by atoms with Gasteiger partial charge in [0.15, 0.2) is 17.3 Å². The largest absolute Gasteiger partial charge is 0.336 e. The van der Waals surface area contributed by atoms with Crippen LogP contribution in [0.2, 0.25) is 0 Å². The van der Waals surface area contributed by atoms with Crippen LogP contribution in [-0.4, -0.2) is 79.1 Å². The molecule has 5 rings (SSSR count). The van der Waals surface area contributed by atoms with E-state index in [0.29, 0.717) is 41.4 Å². The molecule has 9 nitrogen and oxygen atoms in total. The lowest BCUT2D eigenvalue weighted by Crippen LogP contribution is -2.47. The highest BCUT2D eigenvalue weighted by atomic mass is 19.1. The van der Waals surface area contributed by atoms with Crippen LogP contribution in [0, 0.1) is 5.82 Å². The molecule has 1 aliphatic heterocycles. The number of ketones is 1. The van der Waals surface area contributed by atoms with Crippen LogP contribution in [0.15, 0.2) is 48.8 Å². The summed E-state index contributed by atoms with van der Waals surface area (Å²) < 4.78 is 16.6. The van der Waals surface area contributed by atoms with Crippen LogP contribution in [0.1, 0.15) is 26.4 Å². The van der Waals surface area contributed by atoms with E-state index in [0.717, 1.165) is 18.7 Å². The van der Waals surface area contributed by atoms with Gasteiger partial charge in [0.05, 0.1) is 11.8 Å². The predicted molar refractivity (Wildman–Crippen MR) is 123 cm³/mol. The molecule has 0 atom stereocenters. The van der Waals surface area contributed by atoms with Crippen molar-refractivity contribution in [1.82, 2.24) is 34.2 Å². The molecular formula is C24H24FN7O2. The monoisotopic (exact) mass is 461 g/mol. The number of rotatable bonds is 5.